The average Bonchev–Trinajstić information content (AvgIpc) is 3.07. The summed E-state index contributed by atoms with van der Waals surface area (Å²) < 4.78 is 4.24. The van der Waals surface area contributed by atoms with Crippen molar-refractivity contribution in [1.29, 1.82) is 0 Å². The predicted octanol–water partition coefficient (Wildman–Crippen LogP) is 1.69. The Bertz CT molecular complexity index is 1210. The number of nitrogens with zero attached hydrogens (tertiary/aromatic N) is 4. The number of aromatic amines is 1. The topological polar surface area (TPSA) is 77.1 Å². The number of halogens is 1. The second-order valence-electron chi connectivity index (χ2n) is 5.74. The highest BCUT2D eigenvalue weighted by Crippen LogP contribution is 2.16. The number of rotatable bonds is 2. The van der Waals surface area contributed by atoms with Crippen LogP contribution in [0.1, 0.15) is 11.3 Å². The van der Waals surface area contributed by atoms with Gasteiger partial charge in [-0.05, 0) is 18.6 Å². The number of benzene rings is 1. The van der Waals surface area contributed by atoms with E-state index < -0.39 is 5.69 Å². The third-order valence-electron chi connectivity index (χ3n) is 4.09. The zero-order chi connectivity index (χ0) is 17.0. The molecule has 24 heavy (non-hydrogen) atoms. The maximum absolute atomic E-state index is 12.9. The van der Waals surface area contributed by atoms with Crippen molar-refractivity contribution in [2.75, 3.05) is 0 Å². The first kappa shape index (κ1) is 14.8. The van der Waals surface area contributed by atoms with Crippen LogP contribution in [0.4, 0.5) is 0 Å². The molecule has 0 aliphatic rings. The molecule has 0 bridgehead atoms. The van der Waals surface area contributed by atoms with Crippen molar-refractivity contribution in [3.8, 4) is 0 Å². The van der Waals surface area contributed by atoms with Crippen LogP contribution in [-0.2, 0) is 13.6 Å². The van der Waals surface area contributed by atoms with Crippen LogP contribution in [0, 0.1) is 6.92 Å². The molecule has 3 aromatic heterocycles. The highest BCUT2D eigenvalue weighted by atomic mass is 35.5. The van der Waals surface area contributed by atoms with Crippen molar-refractivity contribution in [3.05, 3.63) is 67.6 Å². The summed E-state index contributed by atoms with van der Waals surface area (Å²) in [6, 6.07) is 7.16. The van der Waals surface area contributed by atoms with Crippen LogP contribution in [0.2, 0.25) is 5.02 Å². The normalized spacial score (nSPS) is 11.6. The van der Waals surface area contributed by atoms with Gasteiger partial charge < -0.3 is 4.98 Å². The van der Waals surface area contributed by atoms with Gasteiger partial charge in [0.15, 0.2) is 11.2 Å². The molecule has 0 saturated carbocycles. The fourth-order valence-corrected chi connectivity index (χ4v) is 3.09. The first-order valence-corrected chi connectivity index (χ1v) is 7.76. The maximum Gasteiger partial charge on any atom is 0.332 e. The molecule has 4 aromatic rings. The van der Waals surface area contributed by atoms with Crippen LogP contribution in [0.5, 0.6) is 0 Å². The molecular formula is C16H14ClN5O2. The fraction of sp³-hybridized carbons (Fsp3) is 0.188. The van der Waals surface area contributed by atoms with E-state index in [-0.39, 0.29) is 12.1 Å². The lowest BCUT2D eigenvalue weighted by Crippen LogP contribution is -2.39. The lowest BCUT2D eigenvalue weighted by molar-refractivity contribution is 0.656. The standard InChI is InChI=1S/C16H14ClN5O2/c1-9-7-21-12-13(19-15(21)18-9)20(2)16(24)22(14(12)23)8-10-5-3-4-6-11(10)17/h3-7H,8H2,1-2H3,(H,18,19). The maximum atomic E-state index is 12.9. The molecule has 0 unspecified atom stereocenters. The number of hydrogen-bond donors (Lipinski definition) is 1. The van der Waals surface area contributed by atoms with Gasteiger partial charge in [-0.2, -0.15) is 4.98 Å². The number of aromatic nitrogens is 5. The van der Waals surface area contributed by atoms with E-state index in [0.29, 0.717) is 27.5 Å². The molecule has 8 heteroatoms. The highest BCUT2D eigenvalue weighted by Gasteiger charge is 2.18. The minimum Gasteiger partial charge on any atom is -0.328 e. The fourth-order valence-electron chi connectivity index (χ4n) is 2.89. The molecule has 1 aromatic carbocycles. The molecule has 0 saturated heterocycles. The van der Waals surface area contributed by atoms with Crippen molar-refractivity contribution < 1.29 is 0 Å². The van der Waals surface area contributed by atoms with Crippen molar-refractivity contribution in [2.24, 2.45) is 7.05 Å². The van der Waals surface area contributed by atoms with Gasteiger partial charge in [-0.25, -0.2) is 4.79 Å². The number of nitrogens with one attached hydrogen (secondary N) is 1. The summed E-state index contributed by atoms with van der Waals surface area (Å²) in [6.07, 6.45) is 1.79. The first-order chi connectivity index (χ1) is 11.5. The van der Waals surface area contributed by atoms with E-state index in [4.69, 9.17) is 11.6 Å². The Morgan fingerprint density at radius 2 is 2.00 bits per heavy atom. The van der Waals surface area contributed by atoms with E-state index >= 15 is 0 Å². The molecule has 0 radical (unpaired) electrons. The summed E-state index contributed by atoms with van der Waals surface area (Å²) in [5.41, 5.74) is 1.49. The molecule has 4 rings (SSSR count). The molecule has 7 nitrogen and oxygen atoms in total. The van der Waals surface area contributed by atoms with Crippen molar-refractivity contribution in [3.63, 3.8) is 0 Å². The SMILES string of the molecule is Cc1cn2c(nc3c2c(=O)n(Cc2ccccc2Cl)c(=O)n3C)[nH]1. The number of H-pyrrole nitrogens is 1. The quantitative estimate of drug-likeness (QED) is 0.601. The summed E-state index contributed by atoms with van der Waals surface area (Å²) in [6.45, 7) is 1.99. The number of fused-ring (bicyclic) bond motifs is 3. The van der Waals surface area contributed by atoms with E-state index in [1.807, 2.05) is 13.0 Å². The summed E-state index contributed by atoms with van der Waals surface area (Å²) in [4.78, 5) is 33.0. The lowest BCUT2D eigenvalue weighted by Gasteiger charge is -2.09. The van der Waals surface area contributed by atoms with Gasteiger partial charge in [-0.15, -0.1) is 0 Å². The Morgan fingerprint density at radius 1 is 1.25 bits per heavy atom. The Labute approximate surface area is 140 Å². The Kier molecular flexibility index (Phi) is 3.14. The van der Waals surface area contributed by atoms with Gasteiger partial charge in [0.25, 0.3) is 5.56 Å². The largest absolute Gasteiger partial charge is 0.332 e. The minimum absolute atomic E-state index is 0.109. The third kappa shape index (κ3) is 2.01. The molecular weight excluding hydrogens is 330 g/mol. The van der Waals surface area contributed by atoms with Crippen molar-refractivity contribution in [1.82, 2.24) is 23.5 Å². The Morgan fingerprint density at radius 3 is 2.75 bits per heavy atom. The first-order valence-electron chi connectivity index (χ1n) is 7.38. The number of imidazole rings is 2. The second-order valence-corrected chi connectivity index (χ2v) is 6.15. The molecule has 1 N–H and O–H groups in total. The second kappa shape index (κ2) is 5.10. The minimum atomic E-state index is -0.426. The zero-order valence-electron chi connectivity index (χ0n) is 13.1. The van der Waals surface area contributed by atoms with Crippen LogP contribution >= 0.6 is 11.6 Å². The van der Waals surface area contributed by atoms with Crippen LogP contribution < -0.4 is 11.2 Å². The van der Waals surface area contributed by atoms with Gasteiger partial charge in [-0.3, -0.25) is 18.3 Å². The van der Waals surface area contributed by atoms with Gasteiger partial charge in [0.2, 0.25) is 5.78 Å². The van der Waals surface area contributed by atoms with Gasteiger partial charge in [0, 0.05) is 24.0 Å². The van der Waals surface area contributed by atoms with Crippen LogP contribution in [0.25, 0.3) is 16.9 Å². The summed E-state index contributed by atoms with van der Waals surface area (Å²) in [5, 5.41) is 0.516. The third-order valence-corrected chi connectivity index (χ3v) is 4.46. The summed E-state index contributed by atoms with van der Waals surface area (Å²) in [5.74, 6) is 0.532. The van der Waals surface area contributed by atoms with Gasteiger partial charge in [-0.1, -0.05) is 29.8 Å². The molecule has 0 aliphatic carbocycles. The highest BCUT2D eigenvalue weighted by molar-refractivity contribution is 6.31. The molecule has 122 valence electrons. The monoisotopic (exact) mass is 343 g/mol. The van der Waals surface area contributed by atoms with Gasteiger partial charge in [0.1, 0.15) is 0 Å². The lowest BCUT2D eigenvalue weighted by atomic mass is 10.2. The smallest absolute Gasteiger partial charge is 0.328 e. The summed E-state index contributed by atoms with van der Waals surface area (Å²) >= 11 is 6.17. The summed E-state index contributed by atoms with van der Waals surface area (Å²) in [7, 11) is 1.60. The van der Waals surface area contributed by atoms with E-state index in [1.165, 1.54) is 9.13 Å². The van der Waals surface area contributed by atoms with Crippen molar-refractivity contribution >= 4 is 28.5 Å². The molecule has 0 atom stereocenters. The van der Waals surface area contributed by atoms with E-state index in [0.717, 1.165) is 5.69 Å². The molecule has 0 amide bonds. The number of aryl methyl sites for hydroxylation is 2. The molecule has 3 heterocycles. The Hall–Kier alpha value is -2.80. The van der Waals surface area contributed by atoms with E-state index in [1.54, 1.807) is 35.8 Å². The average molecular weight is 344 g/mol. The molecule has 0 spiro atoms. The number of hydrogen-bond acceptors (Lipinski definition) is 3. The van der Waals surface area contributed by atoms with Crippen LogP contribution in [0.15, 0.2) is 40.1 Å². The Balaban J connectivity index is 2.05. The van der Waals surface area contributed by atoms with Crippen LogP contribution in [0.3, 0.4) is 0 Å². The van der Waals surface area contributed by atoms with Crippen LogP contribution in [-0.4, -0.2) is 23.5 Å². The predicted molar refractivity (Wildman–Crippen MR) is 91.8 cm³/mol. The van der Waals surface area contributed by atoms with E-state index in [9.17, 15) is 9.59 Å². The van der Waals surface area contributed by atoms with Gasteiger partial charge in [0.05, 0.1) is 6.54 Å². The van der Waals surface area contributed by atoms with Gasteiger partial charge >= 0.3 is 5.69 Å². The molecule has 0 aliphatic heterocycles. The molecule has 0 fully saturated rings. The van der Waals surface area contributed by atoms with E-state index in [2.05, 4.69) is 9.97 Å². The van der Waals surface area contributed by atoms with Crippen molar-refractivity contribution in [2.45, 2.75) is 13.5 Å². The zero-order valence-corrected chi connectivity index (χ0v) is 13.8.